The van der Waals surface area contributed by atoms with Gasteiger partial charge in [-0.3, -0.25) is 0 Å². The summed E-state index contributed by atoms with van der Waals surface area (Å²) in [5, 5.41) is 19.1. The Hall–Kier alpha value is -2.86. The Morgan fingerprint density at radius 1 is 1.00 bits per heavy atom. The maximum absolute atomic E-state index is 10.5. The molecule has 3 aromatic carbocycles. The van der Waals surface area contributed by atoms with Gasteiger partial charge >= 0.3 is 0 Å². The zero-order chi connectivity index (χ0) is 19.6. The fourth-order valence-corrected chi connectivity index (χ4v) is 4.39. The summed E-state index contributed by atoms with van der Waals surface area (Å²) in [4.78, 5) is 0. The van der Waals surface area contributed by atoms with Crippen molar-refractivity contribution in [2.75, 3.05) is 6.61 Å². The zero-order valence-electron chi connectivity index (χ0n) is 16.0. The van der Waals surface area contributed by atoms with E-state index >= 15 is 0 Å². The second kappa shape index (κ2) is 8.88. The Labute approximate surface area is 184 Å². The van der Waals surface area contributed by atoms with Crippen LogP contribution in [0.25, 0.3) is 32.3 Å². The lowest BCUT2D eigenvalue weighted by Crippen LogP contribution is -2.20. The first kappa shape index (κ1) is 20.4. The molecule has 2 aromatic heterocycles. The van der Waals surface area contributed by atoms with Gasteiger partial charge < -0.3 is 14.4 Å². The summed E-state index contributed by atoms with van der Waals surface area (Å²) in [7, 11) is 0. The standard InChI is InChI=1S/C24H19NO3S.ClH/c26-19(13-17-7-3-6-16-5-1-2-10-21(16)17)15-27-20-9-4-8-18(14-20)23-24-22(28-25-23)11-12-29-24;/h1-12,14,19,26H,13,15H2;1H/t19-;/m1./s1. The topological polar surface area (TPSA) is 55.5 Å². The van der Waals surface area contributed by atoms with E-state index in [4.69, 9.17) is 9.26 Å². The van der Waals surface area contributed by atoms with Crippen molar-refractivity contribution >= 4 is 44.8 Å². The summed E-state index contributed by atoms with van der Waals surface area (Å²) >= 11 is 1.60. The van der Waals surface area contributed by atoms with Crippen LogP contribution >= 0.6 is 23.7 Å². The van der Waals surface area contributed by atoms with Gasteiger partial charge in [-0.05, 0) is 39.9 Å². The highest BCUT2D eigenvalue weighted by Gasteiger charge is 2.13. The molecule has 2 heterocycles. The molecule has 4 nitrogen and oxygen atoms in total. The molecule has 1 N–H and O–H groups in total. The summed E-state index contributed by atoms with van der Waals surface area (Å²) in [5.41, 5.74) is 3.67. The smallest absolute Gasteiger partial charge is 0.178 e. The minimum atomic E-state index is -0.597. The molecular weight excluding hydrogens is 418 g/mol. The van der Waals surface area contributed by atoms with Gasteiger partial charge in [0.25, 0.3) is 0 Å². The van der Waals surface area contributed by atoms with Crippen molar-refractivity contribution in [2.45, 2.75) is 12.5 Å². The lowest BCUT2D eigenvalue weighted by molar-refractivity contribution is 0.108. The minimum Gasteiger partial charge on any atom is -0.491 e. The third-order valence-corrected chi connectivity index (χ3v) is 5.87. The molecular formula is C24H20ClNO3S. The van der Waals surface area contributed by atoms with Crippen LogP contribution in [0.15, 0.2) is 82.7 Å². The molecule has 0 aliphatic heterocycles. The third kappa shape index (κ3) is 4.05. The summed E-state index contributed by atoms with van der Waals surface area (Å²) in [6.45, 7) is 0.222. The van der Waals surface area contributed by atoms with Gasteiger partial charge in [0.05, 0.1) is 6.10 Å². The number of aliphatic hydroxyl groups excluding tert-OH is 1. The normalized spacial score (nSPS) is 12.0. The average molecular weight is 438 g/mol. The van der Waals surface area contributed by atoms with Crippen LogP contribution in [0, 0.1) is 0 Å². The second-order valence-electron chi connectivity index (χ2n) is 6.98. The van der Waals surface area contributed by atoms with E-state index < -0.39 is 6.10 Å². The summed E-state index contributed by atoms with van der Waals surface area (Å²) in [6, 6.07) is 24.0. The highest BCUT2D eigenvalue weighted by molar-refractivity contribution is 7.17. The summed E-state index contributed by atoms with van der Waals surface area (Å²) < 4.78 is 12.3. The van der Waals surface area contributed by atoms with Gasteiger partial charge in [-0.2, -0.15) is 0 Å². The van der Waals surface area contributed by atoms with Gasteiger partial charge in [-0.15, -0.1) is 23.7 Å². The first-order chi connectivity index (χ1) is 14.3. The number of fused-ring (bicyclic) bond motifs is 2. The monoisotopic (exact) mass is 437 g/mol. The third-order valence-electron chi connectivity index (χ3n) is 4.96. The predicted molar refractivity (Wildman–Crippen MR) is 124 cm³/mol. The number of halogens is 1. The molecule has 0 aliphatic carbocycles. The number of aromatic nitrogens is 1. The Balaban J connectivity index is 0.00000218. The van der Waals surface area contributed by atoms with Gasteiger partial charge in [0.1, 0.15) is 22.8 Å². The van der Waals surface area contributed by atoms with Gasteiger partial charge in [0.2, 0.25) is 0 Å². The first-order valence-corrected chi connectivity index (χ1v) is 10.4. The Bertz CT molecular complexity index is 1270. The van der Waals surface area contributed by atoms with Gasteiger partial charge in [-0.1, -0.05) is 59.8 Å². The van der Waals surface area contributed by atoms with E-state index in [9.17, 15) is 5.11 Å². The van der Waals surface area contributed by atoms with Crippen molar-refractivity contribution in [1.82, 2.24) is 5.16 Å². The molecule has 0 unspecified atom stereocenters. The average Bonchev–Trinajstić information content (AvgIpc) is 3.37. The van der Waals surface area contributed by atoms with Crippen LogP contribution in [-0.4, -0.2) is 23.0 Å². The van der Waals surface area contributed by atoms with E-state index in [-0.39, 0.29) is 19.0 Å². The highest BCUT2D eigenvalue weighted by Crippen LogP contribution is 2.33. The van der Waals surface area contributed by atoms with Crippen molar-refractivity contribution in [3.63, 3.8) is 0 Å². The summed E-state index contributed by atoms with van der Waals surface area (Å²) in [6.07, 6.45) is -0.0549. The van der Waals surface area contributed by atoms with Crippen molar-refractivity contribution in [3.05, 3.63) is 83.7 Å². The van der Waals surface area contributed by atoms with Gasteiger partial charge in [0, 0.05) is 12.0 Å². The minimum absolute atomic E-state index is 0. The number of nitrogens with zero attached hydrogens (tertiary/aromatic N) is 1. The molecule has 5 aromatic rings. The van der Waals surface area contributed by atoms with Gasteiger partial charge in [-0.25, -0.2) is 0 Å². The van der Waals surface area contributed by atoms with Crippen molar-refractivity contribution in [2.24, 2.45) is 0 Å². The fourth-order valence-electron chi connectivity index (χ4n) is 3.57. The van der Waals surface area contributed by atoms with Crippen LogP contribution in [0.2, 0.25) is 0 Å². The van der Waals surface area contributed by atoms with Gasteiger partial charge in [0.15, 0.2) is 5.58 Å². The zero-order valence-corrected chi connectivity index (χ0v) is 17.7. The largest absolute Gasteiger partial charge is 0.491 e. The van der Waals surface area contributed by atoms with E-state index in [1.54, 1.807) is 11.3 Å². The summed E-state index contributed by atoms with van der Waals surface area (Å²) in [5.74, 6) is 0.701. The molecule has 0 amide bonds. The highest BCUT2D eigenvalue weighted by atomic mass is 35.5. The SMILES string of the molecule is Cl.O[C@@H](COc1cccc(-c2noc3ccsc23)c1)Cc1cccc2ccccc12. The fraction of sp³-hybridized carbons (Fsp3) is 0.125. The van der Waals surface area contributed by atoms with Crippen molar-refractivity contribution in [3.8, 4) is 17.0 Å². The lowest BCUT2D eigenvalue weighted by atomic mass is 10.00. The molecule has 0 saturated heterocycles. The molecule has 0 bridgehead atoms. The quantitative estimate of drug-likeness (QED) is 0.348. The van der Waals surface area contributed by atoms with Crippen LogP contribution in [0.4, 0.5) is 0 Å². The first-order valence-electron chi connectivity index (χ1n) is 9.49. The molecule has 0 aliphatic rings. The predicted octanol–water partition coefficient (Wildman–Crippen LogP) is 6.11. The Morgan fingerprint density at radius 2 is 1.83 bits per heavy atom. The van der Waals surface area contributed by atoms with Crippen LogP contribution in [0.5, 0.6) is 5.75 Å². The molecule has 5 rings (SSSR count). The van der Waals surface area contributed by atoms with Crippen LogP contribution in [0.3, 0.4) is 0 Å². The molecule has 152 valence electrons. The number of hydrogen-bond donors (Lipinski definition) is 1. The second-order valence-corrected chi connectivity index (χ2v) is 7.90. The van der Waals surface area contributed by atoms with Crippen LogP contribution in [-0.2, 0) is 6.42 Å². The number of thiophene rings is 1. The van der Waals surface area contributed by atoms with E-state index in [1.165, 1.54) is 10.8 Å². The molecule has 0 fully saturated rings. The maximum Gasteiger partial charge on any atom is 0.178 e. The van der Waals surface area contributed by atoms with Crippen molar-refractivity contribution in [1.29, 1.82) is 0 Å². The number of aliphatic hydroxyl groups is 1. The van der Waals surface area contributed by atoms with Crippen LogP contribution in [0.1, 0.15) is 5.56 Å². The molecule has 0 radical (unpaired) electrons. The maximum atomic E-state index is 10.5. The van der Waals surface area contributed by atoms with E-state index in [2.05, 4.69) is 29.4 Å². The molecule has 0 spiro atoms. The number of hydrogen-bond acceptors (Lipinski definition) is 5. The van der Waals surface area contributed by atoms with E-state index in [1.807, 2.05) is 53.9 Å². The molecule has 30 heavy (non-hydrogen) atoms. The van der Waals surface area contributed by atoms with E-state index in [0.29, 0.717) is 12.2 Å². The lowest BCUT2D eigenvalue weighted by Gasteiger charge is -2.14. The Morgan fingerprint density at radius 3 is 2.77 bits per heavy atom. The van der Waals surface area contributed by atoms with Crippen molar-refractivity contribution < 1.29 is 14.4 Å². The molecule has 0 saturated carbocycles. The molecule has 6 heteroatoms. The van der Waals surface area contributed by atoms with Crippen LogP contribution < -0.4 is 4.74 Å². The van der Waals surface area contributed by atoms with E-state index in [0.717, 1.165) is 27.1 Å². The molecule has 1 atom stereocenters. The Kier molecular flexibility index (Phi) is 6.04. The number of benzene rings is 3. The number of ether oxygens (including phenoxy) is 1. The number of rotatable bonds is 6.